The topological polar surface area (TPSA) is 47.3 Å². The summed E-state index contributed by atoms with van der Waals surface area (Å²) in [5, 5.41) is 3.44. The molecule has 96 valence electrons. The number of hydrogen-bond donors (Lipinski definition) is 2. The Kier molecular flexibility index (Phi) is 5.45. The molecular formula is C14H24N2O. The van der Waals surface area contributed by atoms with E-state index >= 15 is 0 Å². The molecule has 17 heavy (non-hydrogen) atoms. The van der Waals surface area contributed by atoms with Crippen molar-refractivity contribution in [1.29, 1.82) is 0 Å². The molecular weight excluding hydrogens is 212 g/mol. The maximum Gasteiger partial charge on any atom is 0.119 e. The highest BCUT2D eigenvalue weighted by Crippen LogP contribution is 2.18. The number of ether oxygens (including phenoxy) is 1. The number of nitrogens with two attached hydrogens (primary N) is 1. The van der Waals surface area contributed by atoms with Crippen molar-refractivity contribution < 1.29 is 4.74 Å². The Bertz CT molecular complexity index is 319. The maximum atomic E-state index is 5.78. The molecule has 1 unspecified atom stereocenters. The molecule has 3 heteroatoms. The zero-order valence-electron chi connectivity index (χ0n) is 11.2. The zero-order valence-corrected chi connectivity index (χ0v) is 11.2. The minimum Gasteiger partial charge on any atom is -0.491 e. The lowest BCUT2D eigenvalue weighted by molar-refractivity contribution is 0.242. The Hall–Kier alpha value is -1.06. The van der Waals surface area contributed by atoms with Gasteiger partial charge in [-0.25, -0.2) is 0 Å². The van der Waals surface area contributed by atoms with Crippen molar-refractivity contribution in [2.24, 2.45) is 5.73 Å². The van der Waals surface area contributed by atoms with Gasteiger partial charge in [0.15, 0.2) is 0 Å². The molecule has 1 aromatic rings. The molecule has 0 aliphatic heterocycles. The van der Waals surface area contributed by atoms with Gasteiger partial charge < -0.3 is 15.8 Å². The third kappa shape index (κ3) is 4.75. The molecule has 0 fully saturated rings. The summed E-state index contributed by atoms with van der Waals surface area (Å²) in [6.07, 6.45) is 0.208. The van der Waals surface area contributed by atoms with Gasteiger partial charge in [-0.2, -0.15) is 0 Å². The largest absolute Gasteiger partial charge is 0.491 e. The van der Waals surface area contributed by atoms with E-state index in [4.69, 9.17) is 10.5 Å². The summed E-state index contributed by atoms with van der Waals surface area (Å²) < 4.78 is 5.61. The first-order chi connectivity index (χ1) is 8.02. The SMILES string of the molecule is CC(C)NC(CN)c1ccc(OC(C)C)cc1. The van der Waals surface area contributed by atoms with Crippen molar-refractivity contribution in [3.05, 3.63) is 29.8 Å². The van der Waals surface area contributed by atoms with E-state index in [1.54, 1.807) is 0 Å². The predicted molar refractivity (Wildman–Crippen MR) is 72.3 cm³/mol. The van der Waals surface area contributed by atoms with Gasteiger partial charge in [0, 0.05) is 18.6 Å². The van der Waals surface area contributed by atoms with E-state index in [0.29, 0.717) is 12.6 Å². The van der Waals surface area contributed by atoms with Crippen LogP contribution in [0.3, 0.4) is 0 Å². The summed E-state index contributed by atoms with van der Waals surface area (Å²) in [4.78, 5) is 0. The first-order valence-corrected chi connectivity index (χ1v) is 6.25. The predicted octanol–water partition coefficient (Wildman–Crippen LogP) is 2.47. The third-order valence-corrected chi connectivity index (χ3v) is 2.42. The molecule has 1 rings (SSSR count). The molecule has 0 aliphatic rings. The molecule has 0 aromatic heterocycles. The maximum absolute atomic E-state index is 5.78. The summed E-state index contributed by atoms with van der Waals surface area (Å²) in [6.45, 7) is 8.90. The summed E-state index contributed by atoms with van der Waals surface area (Å²) in [5.74, 6) is 0.907. The highest BCUT2D eigenvalue weighted by molar-refractivity contribution is 5.29. The molecule has 0 amide bonds. The lowest BCUT2D eigenvalue weighted by Gasteiger charge is -2.20. The molecule has 0 saturated carbocycles. The van der Waals surface area contributed by atoms with Gasteiger partial charge in [0.05, 0.1) is 6.10 Å². The molecule has 1 aromatic carbocycles. The summed E-state index contributed by atoms with van der Waals surface area (Å²) >= 11 is 0. The average molecular weight is 236 g/mol. The molecule has 0 bridgehead atoms. The van der Waals surface area contributed by atoms with Gasteiger partial charge in [0.1, 0.15) is 5.75 Å². The van der Waals surface area contributed by atoms with Crippen LogP contribution in [-0.4, -0.2) is 18.7 Å². The quantitative estimate of drug-likeness (QED) is 0.797. The molecule has 0 spiro atoms. The van der Waals surface area contributed by atoms with Gasteiger partial charge in [0.2, 0.25) is 0 Å². The van der Waals surface area contributed by atoms with Crippen LogP contribution >= 0.6 is 0 Å². The first-order valence-electron chi connectivity index (χ1n) is 6.25. The smallest absolute Gasteiger partial charge is 0.119 e. The minimum absolute atomic E-state index is 0.208. The van der Waals surface area contributed by atoms with E-state index in [9.17, 15) is 0 Å². The number of nitrogens with one attached hydrogen (secondary N) is 1. The van der Waals surface area contributed by atoms with Gasteiger partial charge in [-0.05, 0) is 31.5 Å². The van der Waals surface area contributed by atoms with E-state index in [-0.39, 0.29) is 12.1 Å². The normalized spacial score (nSPS) is 13.1. The van der Waals surface area contributed by atoms with Crippen molar-refractivity contribution in [3.8, 4) is 5.75 Å². The van der Waals surface area contributed by atoms with Crippen molar-refractivity contribution >= 4 is 0 Å². The number of rotatable bonds is 6. The fourth-order valence-corrected chi connectivity index (χ4v) is 1.75. The van der Waals surface area contributed by atoms with Gasteiger partial charge >= 0.3 is 0 Å². The van der Waals surface area contributed by atoms with Gasteiger partial charge in [0.25, 0.3) is 0 Å². The Balaban J connectivity index is 2.70. The molecule has 0 radical (unpaired) electrons. The highest BCUT2D eigenvalue weighted by Gasteiger charge is 2.10. The summed E-state index contributed by atoms with van der Waals surface area (Å²) in [5.41, 5.74) is 6.98. The highest BCUT2D eigenvalue weighted by atomic mass is 16.5. The summed E-state index contributed by atoms with van der Waals surface area (Å²) in [6, 6.07) is 8.79. The van der Waals surface area contributed by atoms with E-state index in [2.05, 4.69) is 31.3 Å². The second-order valence-corrected chi connectivity index (χ2v) is 4.85. The number of hydrogen-bond acceptors (Lipinski definition) is 3. The van der Waals surface area contributed by atoms with Crippen LogP contribution in [0, 0.1) is 0 Å². The second kappa shape index (κ2) is 6.62. The van der Waals surface area contributed by atoms with Crippen molar-refractivity contribution in [1.82, 2.24) is 5.32 Å². The fraction of sp³-hybridized carbons (Fsp3) is 0.571. The first kappa shape index (κ1) is 14.0. The Labute approximate surface area is 104 Å². The number of benzene rings is 1. The van der Waals surface area contributed by atoms with Crippen molar-refractivity contribution in [2.75, 3.05) is 6.54 Å². The Morgan fingerprint density at radius 3 is 2.12 bits per heavy atom. The van der Waals surface area contributed by atoms with Crippen LogP contribution in [0.5, 0.6) is 5.75 Å². The lowest BCUT2D eigenvalue weighted by Crippen LogP contribution is -2.33. The van der Waals surface area contributed by atoms with Crippen LogP contribution < -0.4 is 15.8 Å². The average Bonchev–Trinajstić information content (AvgIpc) is 2.26. The van der Waals surface area contributed by atoms with Crippen LogP contribution in [0.25, 0.3) is 0 Å². The van der Waals surface area contributed by atoms with Crippen molar-refractivity contribution in [2.45, 2.75) is 45.9 Å². The molecule has 0 saturated heterocycles. The van der Waals surface area contributed by atoms with E-state index in [1.165, 1.54) is 5.56 Å². The molecule has 0 heterocycles. The van der Waals surface area contributed by atoms with E-state index < -0.39 is 0 Å². The third-order valence-electron chi connectivity index (χ3n) is 2.42. The van der Waals surface area contributed by atoms with Gasteiger partial charge in [-0.3, -0.25) is 0 Å². The summed E-state index contributed by atoms with van der Waals surface area (Å²) in [7, 11) is 0. The molecule has 3 N–H and O–H groups in total. The molecule has 1 atom stereocenters. The van der Waals surface area contributed by atoms with Crippen LogP contribution in [-0.2, 0) is 0 Å². The van der Waals surface area contributed by atoms with Gasteiger partial charge in [-0.1, -0.05) is 26.0 Å². The second-order valence-electron chi connectivity index (χ2n) is 4.85. The standard InChI is InChI=1S/C14H24N2O/c1-10(2)16-14(9-15)12-5-7-13(8-6-12)17-11(3)4/h5-8,10-11,14,16H,9,15H2,1-4H3. The molecule has 3 nitrogen and oxygen atoms in total. The van der Waals surface area contributed by atoms with Gasteiger partial charge in [-0.15, -0.1) is 0 Å². The Morgan fingerprint density at radius 1 is 1.12 bits per heavy atom. The van der Waals surface area contributed by atoms with Crippen molar-refractivity contribution in [3.63, 3.8) is 0 Å². The van der Waals surface area contributed by atoms with Crippen LogP contribution in [0.2, 0.25) is 0 Å². The van der Waals surface area contributed by atoms with Crippen LogP contribution in [0.4, 0.5) is 0 Å². The van der Waals surface area contributed by atoms with E-state index in [1.807, 2.05) is 26.0 Å². The monoisotopic (exact) mass is 236 g/mol. The minimum atomic E-state index is 0.208. The van der Waals surface area contributed by atoms with Crippen LogP contribution in [0.15, 0.2) is 24.3 Å². The zero-order chi connectivity index (χ0) is 12.8. The van der Waals surface area contributed by atoms with E-state index in [0.717, 1.165) is 5.75 Å². The molecule has 0 aliphatic carbocycles. The van der Waals surface area contributed by atoms with Crippen LogP contribution in [0.1, 0.15) is 39.3 Å². The fourth-order valence-electron chi connectivity index (χ4n) is 1.75. The Morgan fingerprint density at radius 2 is 1.71 bits per heavy atom. The lowest BCUT2D eigenvalue weighted by atomic mass is 10.1.